The SMILES string of the molecule is CC1(C)CCC(CNCCCCCCl)O1. The third-order valence-electron chi connectivity index (χ3n) is 2.91. The molecule has 0 bridgehead atoms. The second kappa shape index (κ2) is 6.72. The van der Waals surface area contributed by atoms with Crippen molar-refractivity contribution in [2.45, 2.75) is 57.7 Å². The maximum absolute atomic E-state index is 5.89. The van der Waals surface area contributed by atoms with Gasteiger partial charge in [0.25, 0.3) is 0 Å². The van der Waals surface area contributed by atoms with Crippen LogP contribution in [-0.2, 0) is 4.74 Å². The smallest absolute Gasteiger partial charge is 0.0707 e. The Morgan fingerprint density at radius 3 is 2.73 bits per heavy atom. The first-order valence-electron chi connectivity index (χ1n) is 6.08. The lowest BCUT2D eigenvalue weighted by Crippen LogP contribution is -2.29. The van der Waals surface area contributed by atoms with Gasteiger partial charge >= 0.3 is 0 Å². The Morgan fingerprint density at radius 1 is 1.33 bits per heavy atom. The summed E-state index contributed by atoms with van der Waals surface area (Å²) in [5, 5.41) is 3.46. The third kappa shape index (κ3) is 5.74. The molecule has 1 atom stereocenters. The molecule has 1 fully saturated rings. The molecule has 1 N–H and O–H groups in total. The molecule has 0 radical (unpaired) electrons. The molecular formula is C12H24ClNO. The maximum Gasteiger partial charge on any atom is 0.0707 e. The van der Waals surface area contributed by atoms with Gasteiger partial charge in [0, 0.05) is 12.4 Å². The minimum Gasteiger partial charge on any atom is -0.371 e. The van der Waals surface area contributed by atoms with Crippen LogP contribution in [0.2, 0.25) is 0 Å². The second-order valence-electron chi connectivity index (χ2n) is 4.99. The van der Waals surface area contributed by atoms with E-state index in [1.165, 1.54) is 25.7 Å². The maximum atomic E-state index is 5.89. The Hall–Kier alpha value is 0.210. The van der Waals surface area contributed by atoms with Crippen LogP contribution in [0.15, 0.2) is 0 Å². The van der Waals surface area contributed by atoms with Gasteiger partial charge in [-0.2, -0.15) is 0 Å². The Bertz CT molecular complexity index is 173. The molecule has 90 valence electrons. The van der Waals surface area contributed by atoms with Gasteiger partial charge in [-0.3, -0.25) is 0 Å². The van der Waals surface area contributed by atoms with E-state index in [0.29, 0.717) is 6.10 Å². The van der Waals surface area contributed by atoms with Crippen LogP contribution in [0.5, 0.6) is 0 Å². The van der Waals surface area contributed by atoms with Crippen LogP contribution in [0.1, 0.15) is 46.0 Å². The number of ether oxygens (including phenoxy) is 1. The molecule has 1 rings (SSSR count). The van der Waals surface area contributed by atoms with Crippen molar-refractivity contribution in [3.05, 3.63) is 0 Å². The summed E-state index contributed by atoms with van der Waals surface area (Å²) in [6.45, 7) is 6.45. The fourth-order valence-corrected chi connectivity index (χ4v) is 2.19. The summed E-state index contributed by atoms with van der Waals surface area (Å²) in [4.78, 5) is 0. The van der Waals surface area contributed by atoms with E-state index in [2.05, 4.69) is 19.2 Å². The number of hydrogen-bond acceptors (Lipinski definition) is 2. The Balaban J connectivity index is 1.93. The fourth-order valence-electron chi connectivity index (χ4n) is 2.01. The van der Waals surface area contributed by atoms with Crippen molar-refractivity contribution in [1.82, 2.24) is 5.32 Å². The largest absolute Gasteiger partial charge is 0.371 e. The van der Waals surface area contributed by atoms with Gasteiger partial charge in [0.1, 0.15) is 0 Å². The summed E-state index contributed by atoms with van der Waals surface area (Å²) >= 11 is 5.61. The lowest BCUT2D eigenvalue weighted by atomic mass is 10.1. The molecule has 0 saturated carbocycles. The molecule has 0 aromatic heterocycles. The number of unbranched alkanes of at least 4 members (excludes halogenated alkanes) is 2. The van der Waals surface area contributed by atoms with E-state index in [1.54, 1.807) is 0 Å². The zero-order valence-electron chi connectivity index (χ0n) is 10.0. The zero-order valence-corrected chi connectivity index (χ0v) is 10.8. The summed E-state index contributed by atoms with van der Waals surface area (Å²) in [5.41, 5.74) is 0.102. The highest BCUT2D eigenvalue weighted by molar-refractivity contribution is 6.17. The zero-order chi connectivity index (χ0) is 11.1. The number of halogens is 1. The highest BCUT2D eigenvalue weighted by atomic mass is 35.5. The van der Waals surface area contributed by atoms with E-state index >= 15 is 0 Å². The van der Waals surface area contributed by atoms with Crippen molar-refractivity contribution in [3.8, 4) is 0 Å². The summed E-state index contributed by atoms with van der Waals surface area (Å²) in [7, 11) is 0. The van der Waals surface area contributed by atoms with Gasteiger partial charge in [-0.25, -0.2) is 0 Å². The minimum absolute atomic E-state index is 0.102. The predicted octanol–water partition coefficient (Wildman–Crippen LogP) is 2.94. The molecule has 1 saturated heterocycles. The molecule has 0 amide bonds. The van der Waals surface area contributed by atoms with Crippen molar-refractivity contribution in [2.75, 3.05) is 19.0 Å². The molecule has 1 heterocycles. The number of nitrogens with one attached hydrogen (secondary N) is 1. The van der Waals surface area contributed by atoms with Crippen LogP contribution in [0.3, 0.4) is 0 Å². The first kappa shape index (κ1) is 13.3. The fraction of sp³-hybridized carbons (Fsp3) is 1.00. The summed E-state index contributed by atoms with van der Waals surface area (Å²) in [5.74, 6) is 0.792. The molecule has 1 aliphatic heterocycles. The molecule has 0 aliphatic carbocycles. The lowest BCUT2D eigenvalue weighted by Gasteiger charge is -2.19. The van der Waals surface area contributed by atoms with Gasteiger partial charge in [0.05, 0.1) is 11.7 Å². The van der Waals surface area contributed by atoms with Crippen molar-refractivity contribution < 1.29 is 4.74 Å². The summed E-state index contributed by atoms with van der Waals surface area (Å²) in [6, 6.07) is 0. The molecule has 0 spiro atoms. The second-order valence-corrected chi connectivity index (χ2v) is 5.37. The van der Waals surface area contributed by atoms with Crippen LogP contribution >= 0.6 is 11.6 Å². The van der Waals surface area contributed by atoms with Crippen molar-refractivity contribution in [3.63, 3.8) is 0 Å². The third-order valence-corrected chi connectivity index (χ3v) is 3.18. The molecule has 15 heavy (non-hydrogen) atoms. The minimum atomic E-state index is 0.102. The first-order chi connectivity index (χ1) is 7.14. The molecule has 1 unspecified atom stereocenters. The topological polar surface area (TPSA) is 21.3 Å². The monoisotopic (exact) mass is 233 g/mol. The van der Waals surface area contributed by atoms with Crippen LogP contribution in [0.25, 0.3) is 0 Å². The summed E-state index contributed by atoms with van der Waals surface area (Å²) in [6.07, 6.45) is 6.40. The molecule has 0 aromatic carbocycles. The average molecular weight is 234 g/mol. The Morgan fingerprint density at radius 2 is 2.13 bits per heavy atom. The van der Waals surface area contributed by atoms with Gasteiger partial charge in [-0.1, -0.05) is 6.42 Å². The average Bonchev–Trinajstić information content (AvgIpc) is 2.52. The van der Waals surface area contributed by atoms with Gasteiger partial charge in [-0.05, 0) is 46.1 Å². The highest BCUT2D eigenvalue weighted by Crippen LogP contribution is 2.28. The van der Waals surface area contributed by atoms with Crippen molar-refractivity contribution >= 4 is 11.6 Å². The first-order valence-corrected chi connectivity index (χ1v) is 6.62. The Kier molecular flexibility index (Phi) is 5.95. The molecule has 3 heteroatoms. The Labute approximate surface area is 98.7 Å². The van der Waals surface area contributed by atoms with E-state index in [9.17, 15) is 0 Å². The standard InChI is InChI=1S/C12H24ClNO/c1-12(2)7-6-11(15-12)10-14-9-5-3-4-8-13/h11,14H,3-10H2,1-2H3. The van der Waals surface area contributed by atoms with Crippen LogP contribution in [0.4, 0.5) is 0 Å². The van der Waals surface area contributed by atoms with Crippen LogP contribution in [0, 0.1) is 0 Å². The van der Waals surface area contributed by atoms with Crippen LogP contribution < -0.4 is 5.32 Å². The van der Waals surface area contributed by atoms with Crippen molar-refractivity contribution in [2.24, 2.45) is 0 Å². The van der Waals surface area contributed by atoms with Gasteiger partial charge < -0.3 is 10.1 Å². The highest BCUT2D eigenvalue weighted by Gasteiger charge is 2.30. The van der Waals surface area contributed by atoms with E-state index in [0.717, 1.165) is 25.4 Å². The van der Waals surface area contributed by atoms with Gasteiger partial charge in [0.15, 0.2) is 0 Å². The van der Waals surface area contributed by atoms with Crippen molar-refractivity contribution in [1.29, 1.82) is 0 Å². The van der Waals surface area contributed by atoms with Gasteiger partial charge in [-0.15, -0.1) is 11.6 Å². The quantitative estimate of drug-likeness (QED) is 0.539. The van der Waals surface area contributed by atoms with E-state index in [-0.39, 0.29) is 5.60 Å². The predicted molar refractivity (Wildman–Crippen MR) is 65.6 cm³/mol. The van der Waals surface area contributed by atoms with E-state index in [1.807, 2.05) is 0 Å². The normalized spacial score (nSPS) is 24.6. The van der Waals surface area contributed by atoms with Crippen LogP contribution in [-0.4, -0.2) is 30.7 Å². The molecule has 0 aromatic rings. The van der Waals surface area contributed by atoms with E-state index < -0.39 is 0 Å². The number of rotatable bonds is 7. The number of hydrogen-bond donors (Lipinski definition) is 1. The van der Waals surface area contributed by atoms with Gasteiger partial charge in [0.2, 0.25) is 0 Å². The molecule has 2 nitrogen and oxygen atoms in total. The summed E-state index contributed by atoms with van der Waals surface area (Å²) < 4.78 is 5.89. The van der Waals surface area contributed by atoms with E-state index in [4.69, 9.17) is 16.3 Å². The number of alkyl halides is 1. The molecule has 1 aliphatic rings. The molecular weight excluding hydrogens is 210 g/mol. The lowest BCUT2D eigenvalue weighted by molar-refractivity contribution is -0.0141.